The van der Waals surface area contributed by atoms with Crippen molar-refractivity contribution in [2.45, 2.75) is 17.9 Å². The van der Waals surface area contributed by atoms with Crippen LogP contribution in [0.15, 0.2) is 35.2 Å². The van der Waals surface area contributed by atoms with Gasteiger partial charge in [-0.3, -0.25) is 9.59 Å². The van der Waals surface area contributed by atoms with Gasteiger partial charge in [-0.05, 0) is 19.1 Å². The number of piperazine rings is 1. The molecule has 0 saturated carbocycles. The summed E-state index contributed by atoms with van der Waals surface area (Å²) in [5.41, 5.74) is 0. The first-order valence-corrected chi connectivity index (χ1v) is 9.37. The quantitative estimate of drug-likeness (QED) is 0.697. The number of carbonyl (C=O) groups excluding carboxylic acids is 2. The molecule has 0 spiro atoms. The van der Waals surface area contributed by atoms with Crippen molar-refractivity contribution in [3.63, 3.8) is 0 Å². The van der Waals surface area contributed by atoms with Crippen LogP contribution in [0.1, 0.15) is 6.92 Å². The van der Waals surface area contributed by atoms with E-state index in [1.54, 1.807) is 25.1 Å². The molecule has 24 heavy (non-hydrogen) atoms. The van der Waals surface area contributed by atoms with Crippen molar-refractivity contribution in [1.29, 1.82) is 0 Å². The largest absolute Gasteiger partial charge is 0.383 e. The third-order valence-corrected chi connectivity index (χ3v) is 5.76. The standard InChI is InChI=1S/C16H22N2O5S/c1-13-16(20)17(8-10-23-2)12-15(19)18(13)9-11-24(21,22)14-6-4-3-5-7-14/h3-7,13H,8-12H2,1-2H3/t13-/m0/s1. The molecule has 0 radical (unpaired) electrons. The molecule has 0 N–H and O–H groups in total. The van der Waals surface area contributed by atoms with Crippen molar-refractivity contribution in [2.24, 2.45) is 0 Å². The predicted molar refractivity (Wildman–Crippen MR) is 88.1 cm³/mol. The van der Waals surface area contributed by atoms with Gasteiger partial charge in [0.1, 0.15) is 6.04 Å². The topological polar surface area (TPSA) is 84.0 Å². The maximum absolute atomic E-state index is 12.3. The summed E-state index contributed by atoms with van der Waals surface area (Å²) in [6.07, 6.45) is 0. The van der Waals surface area contributed by atoms with E-state index in [0.29, 0.717) is 13.2 Å². The Bertz CT molecular complexity index is 690. The molecule has 0 aliphatic carbocycles. The van der Waals surface area contributed by atoms with Gasteiger partial charge in [0.25, 0.3) is 0 Å². The van der Waals surface area contributed by atoms with Crippen LogP contribution in [-0.4, -0.2) is 75.2 Å². The van der Waals surface area contributed by atoms with Gasteiger partial charge in [-0.2, -0.15) is 0 Å². The van der Waals surface area contributed by atoms with Gasteiger partial charge >= 0.3 is 0 Å². The van der Waals surface area contributed by atoms with Crippen molar-refractivity contribution < 1.29 is 22.7 Å². The summed E-state index contributed by atoms with van der Waals surface area (Å²) in [5, 5.41) is 0. The van der Waals surface area contributed by atoms with E-state index in [2.05, 4.69) is 0 Å². The highest BCUT2D eigenvalue weighted by Crippen LogP contribution is 2.15. The zero-order valence-corrected chi connectivity index (χ0v) is 14.7. The van der Waals surface area contributed by atoms with Gasteiger partial charge in [-0.1, -0.05) is 18.2 Å². The molecule has 2 rings (SSSR count). The van der Waals surface area contributed by atoms with E-state index < -0.39 is 15.9 Å². The van der Waals surface area contributed by atoms with Crippen LogP contribution in [0.25, 0.3) is 0 Å². The van der Waals surface area contributed by atoms with Crippen LogP contribution >= 0.6 is 0 Å². The lowest BCUT2D eigenvalue weighted by Crippen LogP contribution is -2.60. The number of rotatable bonds is 7. The second-order valence-electron chi connectivity index (χ2n) is 5.65. The molecule has 0 unspecified atom stereocenters. The van der Waals surface area contributed by atoms with Crippen molar-refractivity contribution in [3.8, 4) is 0 Å². The lowest BCUT2D eigenvalue weighted by atomic mass is 10.1. The fraction of sp³-hybridized carbons (Fsp3) is 0.500. The summed E-state index contributed by atoms with van der Waals surface area (Å²) >= 11 is 0. The number of ether oxygens (including phenoxy) is 1. The molecule has 7 nitrogen and oxygen atoms in total. The number of carbonyl (C=O) groups is 2. The maximum atomic E-state index is 12.3. The Morgan fingerprint density at radius 1 is 1.17 bits per heavy atom. The lowest BCUT2D eigenvalue weighted by Gasteiger charge is -2.38. The molecule has 0 aromatic heterocycles. The average Bonchev–Trinajstić information content (AvgIpc) is 2.57. The van der Waals surface area contributed by atoms with Gasteiger partial charge in [0.15, 0.2) is 9.84 Å². The molecular formula is C16H22N2O5S. The van der Waals surface area contributed by atoms with E-state index in [9.17, 15) is 18.0 Å². The predicted octanol–water partition coefficient (Wildman–Crippen LogP) is 0.166. The third-order valence-electron chi connectivity index (χ3n) is 4.05. The van der Waals surface area contributed by atoms with Crippen LogP contribution in [0.5, 0.6) is 0 Å². The fourth-order valence-electron chi connectivity index (χ4n) is 2.62. The Balaban J connectivity index is 2.03. The normalized spacial score (nSPS) is 19.0. The highest BCUT2D eigenvalue weighted by molar-refractivity contribution is 7.91. The third kappa shape index (κ3) is 4.12. The monoisotopic (exact) mass is 354 g/mol. The summed E-state index contributed by atoms with van der Waals surface area (Å²) in [6.45, 7) is 2.28. The van der Waals surface area contributed by atoms with Gasteiger partial charge in [-0.25, -0.2) is 8.42 Å². The summed E-state index contributed by atoms with van der Waals surface area (Å²) in [5.74, 6) is -0.649. The molecule has 1 aliphatic rings. The molecule has 1 aromatic rings. The number of sulfone groups is 1. The smallest absolute Gasteiger partial charge is 0.245 e. The van der Waals surface area contributed by atoms with Crippen molar-refractivity contribution in [1.82, 2.24) is 9.80 Å². The van der Waals surface area contributed by atoms with Gasteiger partial charge in [0.05, 0.1) is 23.8 Å². The first kappa shape index (κ1) is 18.4. The molecular weight excluding hydrogens is 332 g/mol. The molecule has 0 bridgehead atoms. The number of benzene rings is 1. The van der Waals surface area contributed by atoms with Gasteiger partial charge in [0.2, 0.25) is 11.8 Å². The van der Waals surface area contributed by atoms with Crippen LogP contribution < -0.4 is 0 Å². The minimum Gasteiger partial charge on any atom is -0.383 e. The van der Waals surface area contributed by atoms with Gasteiger partial charge < -0.3 is 14.5 Å². The zero-order chi connectivity index (χ0) is 17.7. The Morgan fingerprint density at radius 3 is 2.46 bits per heavy atom. The number of methoxy groups -OCH3 is 1. The van der Waals surface area contributed by atoms with Crippen LogP contribution in [0, 0.1) is 0 Å². The van der Waals surface area contributed by atoms with E-state index in [1.165, 1.54) is 29.0 Å². The molecule has 1 atom stereocenters. The highest BCUT2D eigenvalue weighted by atomic mass is 32.2. The molecule has 1 fully saturated rings. The first-order valence-electron chi connectivity index (χ1n) is 7.72. The Kier molecular flexibility index (Phi) is 5.95. The van der Waals surface area contributed by atoms with Gasteiger partial charge in [0, 0.05) is 20.2 Å². The number of hydrogen-bond donors (Lipinski definition) is 0. The van der Waals surface area contributed by atoms with Crippen LogP contribution in [0.3, 0.4) is 0 Å². The number of hydrogen-bond acceptors (Lipinski definition) is 5. The highest BCUT2D eigenvalue weighted by Gasteiger charge is 2.36. The Labute approximate surface area is 142 Å². The zero-order valence-electron chi connectivity index (χ0n) is 13.8. The van der Waals surface area contributed by atoms with Crippen molar-refractivity contribution >= 4 is 21.7 Å². The van der Waals surface area contributed by atoms with E-state index in [4.69, 9.17) is 4.74 Å². The summed E-state index contributed by atoms with van der Waals surface area (Å²) in [7, 11) is -1.96. The molecule has 132 valence electrons. The minimum atomic E-state index is -3.49. The summed E-state index contributed by atoms with van der Waals surface area (Å²) in [4.78, 5) is 27.6. The minimum absolute atomic E-state index is 0.00108. The van der Waals surface area contributed by atoms with Crippen LogP contribution in [0.4, 0.5) is 0 Å². The summed E-state index contributed by atoms with van der Waals surface area (Å²) < 4.78 is 29.6. The lowest BCUT2D eigenvalue weighted by molar-refractivity contribution is -0.155. The van der Waals surface area contributed by atoms with E-state index in [-0.39, 0.29) is 35.6 Å². The van der Waals surface area contributed by atoms with Crippen LogP contribution in [-0.2, 0) is 24.2 Å². The maximum Gasteiger partial charge on any atom is 0.245 e. The Hall–Kier alpha value is -1.93. The van der Waals surface area contributed by atoms with E-state index in [1.807, 2.05) is 0 Å². The molecule has 1 aliphatic heterocycles. The van der Waals surface area contributed by atoms with Crippen molar-refractivity contribution in [3.05, 3.63) is 30.3 Å². The molecule has 1 heterocycles. The van der Waals surface area contributed by atoms with Gasteiger partial charge in [-0.15, -0.1) is 0 Å². The second-order valence-corrected chi connectivity index (χ2v) is 7.76. The molecule has 1 aromatic carbocycles. The average molecular weight is 354 g/mol. The summed E-state index contributed by atoms with van der Waals surface area (Å²) in [6, 6.07) is 7.41. The molecule has 1 saturated heterocycles. The molecule has 2 amide bonds. The van der Waals surface area contributed by atoms with Crippen molar-refractivity contribution in [2.75, 3.05) is 39.1 Å². The fourth-order valence-corrected chi connectivity index (χ4v) is 3.86. The van der Waals surface area contributed by atoms with E-state index >= 15 is 0 Å². The second kappa shape index (κ2) is 7.76. The van der Waals surface area contributed by atoms with Crippen LogP contribution in [0.2, 0.25) is 0 Å². The first-order chi connectivity index (χ1) is 11.4. The SMILES string of the molecule is COCCN1CC(=O)N(CCS(=O)(=O)c2ccccc2)[C@@H](C)C1=O. The van der Waals surface area contributed by atoms with E-state index in [0.717, 1.165) is 0 Å². The number of amides is 2. The number of nitrogens with zero attached hydrogens (tertiary/aromatic N) is 2. The Morgan fingerprint density at radius 2 is 1.83 bits per heavy atom. The molecule has 8 heteroatoms.